The van der Waals surface area contributed by atoms with Gasteiger partial charge in [0.25, 0.3) is 0 Å². The highest BCUT2D eigenvalue weighted by Gasteiger charge is 2.29. The van der Waals surface area contributed by atoms with Gasteiger partial charge < -0.3 is 4.90 Å². The van der Waals surface area contributed by atoms with Crippen molar-refractivity contribution < 1.29 is 12.8 Å². The Morgan fingerprint density at radius 3 is 2.53 bits per heavy atom. The molecule has 0 saturated carbocycles. The first-order valence-electron chi connectivity index (χ1n) is 9.22. The number of sulfonamides is 1. The van der Waals surface area contributed by atoms with Crippen LogP contribution in [-0.2, 0) is 16.4 Å². The molecular weight excluding hydrogens is 468 g/mol. The lowest BCUT2D eigenvalue weighted by molar-refractivity contribution is 0.384. The minimum absolute atomic E-state index is 0.0972. The fourth-order valence-electron chi connectivity index (χ4n) is 3.28. The Labute approximate surface area is 188 Å². The van der Waals surface area contributed by atoms with E-state index in [1.54, 1.807) is 30.3 Å². The molecule has 0 amide bonds. The summed E-state index contributed by atoms with van der Waals surface area (Å²) in [5.41, 5.74) is 1.75. The predicted octanol–water partition coefficient (Wildman–Crippen LogP) is 4.69. The van der Waals surface area contributed by atoms with Crippen molar-refractivity contribution in [1.29, 1.82) is 0 Å². The second-order valence-corrected chi connectivity index (χ2v) is 10.5. The number of hydrogen-bond donors (Lipinski definition) is 0. The van der Waals surface area contributed by atoms with E-state index in [9.17, 15) is 12.8 Å². The van der Waals surface area contributed by atoms with Crippen molar-refractivity contribution in [3.63, 3.8) is 0 Å². The van der Waals surface area contributed by atoms with E-state index in [4.69, 9.17) is 23.2 Å². The Kier molecular flexibility index (Phi) is 6.31. The number of thiazole rings is 1. The molecular formula is C20H18Cl2FN3O2S2. The first-order valence-corrected chi connectivity index (χ1v) is 12.3. The molecule has 158 valence electrons. The van der Waals surface area contributed by atoms with Gasteiger partial charge in [-0.25, -0.2) is 17.8 Å². The number of benzene rings is 2. The van der Waals surface area contributed by atoms with E-state index < -0.39 is 15.8 Å². The maximum absolute atomic E-state index is 13.3. The molecule has 2 heterocycles. The molecule has 3 aromatic rings. The Hall–Kier alpha value is -1.71. The number of nitrogens with zero attached hydrogens (tertiary/aromatic N) is 3. The van der Waals surface area contributed by atoms with Crippen LogP contribution in [0.25, 0.3) is 0 Å². The summed E-state index contributed by atoms with van der Waals surface area (Å²) in [4.78, 5) is 6.95. The summed E-state index contributed by atoms with van der Waals surface area (Å²) >= 11 is 13.3. The number of halogens is 3. The average molecular weight is 486 g/mol. The van der Waals surface area contributed by atoms with Crippen molar-refractivity contribution >= 4 is 49.7 Å². The first-order chi connectivity index (χ1) is 14.3. The summed E-state index contributed by atoms with van der Waals surface area (Å²) in [5, 5.41) is 3.30. The molecule has 0 atom stereocenters. The number of piperazine rings is 1. The summed E-state index contributed by atoms with van der Waals surface area (Å²) in [5.74, 6) is -0.440. The van der Waals surface area contributed by atoms with Crippen LogP contribution in [0.1, 0.15) is 11.3 Å². The molecule has 4 rings (SSSR count). The van der Waals surface area contributed by atoms with Crippen LogP contribution in [0.2, 0.25) is 10.0 Å². The topological polar surface area (TPSA) is 53.5 Å². The zero-order valence-corrected chi connectivity index (χ0v) is 18.9. The monoisotopic (exact) mass is 485 g/mol. The third kappa shape index (κ3) is 4.63. The molecule has 5 nitrogen and oxygen atoms in total. The molecule has 30 heavy (non-hydrogen) atoms. The Balaban J connectivity index is 1.40. The lowest BCUT2D eigenvalue weighted by Crippen LogP contribution is -2.48. The van der Waals surface area contributed by atoms with Crippen LogP contribution >= 0.6 is 34.5 Å². The standard InChI is InChI=1S/C20H18Cl2FN3O2S2/c21-15-2-1-3-17(12-15)30(27,28)26-8-6-25(7-9-26)20-24-16(13-29-20)10-14-4-5-19(23)18(22)11-14/h1-5,11-13H,6-10H2. The highest BCUT2D eigenvalue weighted by molar-refractivity contribution is 7.89. The number of rotatable bonds is 5. The summed E-state index contributed by atoms with van der Waals surface area (Å²) < 4.78 is 40.5. The van der Waals surface area contributed by atoms with E-state index in [1.807, 2.05) is 5.38 Å². The zero-order chi connectivity index (χ0) is 21.3. The molecule has 0 spiro atoms. The molecule has 1 aliphatic rings. The third-order valence-electron chi connectivity index (χ3n) is 4.85. The van der Waals surface area contributed by atoms with Crippen molar-refractivity contribution in [3.8, 4) is 0 Å². The number of anilines is 1. The molecule has 1 aliphatic heterocycles. The van der Waals surface area contributed by atoms with Crippen LogP contribution in [0.4, 0.5) is 9.52 Å². The molecule has 0 unspecified atom stereocenters. The minimum Gasteiger partial charge on any atom is -0.345 e. The summed E-state index contributed by atoms with van der Waals surface area (Å²) in [6.07, 6.45) is 0.555. The fraction of sp³-hybridized carbons (Fsp3) is 0.250. The van der Waals surface area contributed by atoms with Gasteiger partial charge in [0.2, 0.25) is 10.0 Å². The first kappa shape index (κ1) is 21.5. The Bertz CT molecular complexity index is 1160. The van der Waals surface area contributed by atoms with Crippen LogP contribution in [0.3, 0.4) is 0 Å². The van der Waals surface area contributed by atoms with Crippen LogP contribution in [0.15, 0.2) is 52.7 Å². The van der Waals surface area contributed by atoms with E-state index in [1.165, 1.54) is 27.8 Å². The van der Waals surface area contributed by atoms with Crippen molar-refractivity contribution in [2.45, 2.75) is 11.3 Å². The van der Waals surface area contributed by atoms with Crippen LogP contribution in [0, 0.1) is 5.82 Å². The fourth-order valence-corrected chi connectivity index (χ4v) is 6.08. The van der Waals surface area contributed by atoms with E-state index in [0.717, 1.165) is 16.4 Å². The average Bonchev–Trinajstić information content (AvgIpc) is 3.19. The Morgan fingerprint density at radius 1 is 1.07 bits per heavy atom. The summed E-state index contributed by atoms with van der Waals surface area (Å²) in [6.45, 7) is 1.85. The third-order valence-corrected chi connectivity index (χ3v) is 8.22. The second-order valence-electron chi connectivity index (χ2n) is 6.90. The maximum atomic E-state index is 13.3. The molecule has 0 radical (unpaired) electrons. The largest absolute Gasteiger partial charge is 0.345 e. The molecule has 1 fully saturated rings. The van der Waals surface area contributed by atoms with Gasteiger partial charge in [-0.1, -0.05) is 35.3 Å². The van der Waals surface area contributed by atoms with E-state index in [2.05, 4.69) is 9.88 Å². The van der Waals surface area contributed by atoms with Gasteiger partial charge in [0, 0.05) is 43.0 Å². The van der Waals surface area contributed by atoms with Crippen LogP contribution < -0.4 is 4.90 Å². The number of hydrogen-bond acceptors (Lipinski definition) is 5. The zero-order valence-electron chi connectivity index (χ0n) is 15.8. The van der Waals surface area contributed by atoms with Gasteiger partial charge in [-0.3, -0.25) is 0 Å². The SMILES string of the molecule is O=S(=O)(c1cccc(Cl)c1)N1CCN(c2nc(Cc3ccc(F)c(Cl)c3)cs2)CC1. The van der Waals surface area contributed by atoms with Crippen LogP contribution in [-0.4, -0.2) is 43.9 Å². The molecule has 0 aliphatic carbocycles. The molecule has 1 aromatic heterocycles. The minimum atomic E-state index is -3.57. The van der Waals surface area contributed by atoms with Gasteiger partial charge in [-0.15, -0.1) is 11.3 Å². The lowest BCUT2D eigenvalue weighted by atomic mass is 10.1. The molecule has 0 bridgehead atoms. The highest BCUT2D eigenvalue weighted by Crippen LogP contribution is 2.26. The molecule has 0 N–H and O–H groups in total. The quantitative estimate of drug-likeness (QED) is 0.525. The lowest BCUT2D eigenvalue weighted by Gasteiger charge is -2.33. The normalized spacial score (nSPS) is 15.5. The highest BCUT2D eigenvalue weighted by atomic mass is 35.5. The Morgan fingerprint density at radius 2 is 1.83 bits per heavy atom. The van der Waals surface area contributed by atoms with Crippen LogP contribution in [0.5, 0.6) is 0 Å². The van der Waals surface area contributed by atoms with Gasteiger partial charge in [-0.2, -0.15) is 4.31 Å². The van der Waals surface area contributed by atoms with Gasteiger partial charge in [0.15, 0.2) is 5.13 Å². The van der Waals surface area contributed by atoms with Crippen molar-refractivity contribution in [2.75, 3.05) is 31.1 Å². The smallest absolute Gasteiger partial charge is 0.243 e. The molecule has 2 aromatic carbocycles. The van der Waals surface area contributed by atoms with Gasteiger partial charge in [0.05, 0.1) is 15.6 Å². The van der Waals surface area contributed by atoms with Crippen molar-refractivity contribution in [3.05, 3.63) is 75.0 Å². The molecule has 10 heteroatoms. The number of aromatic nitrogens is 1. The predicted molar refractivity (Wildman–Crippen MR) is 119 cm³/mol. The van der Waals surface area contributed by atoms with E-state index in [0.29, 0.717) is 37.6 Å². The maximum Gasteiger partial charge on any atom is 0.243 e. The van der Waals surface area contributed by atoms with E-state index in [-0.39, 0.29) is 9.92 Å². The van der Waals surface area contributed by atoms with Gasteiger partial charge >= 0.3 is 0 Å². The van der Waals surface area contributed by atoms with E-state index >= 15 is 0 Å². The summed E-state index contributed by atoms with van der Waals surface area (Å²) in [7, 11) is -3.57. The van der Waals surface area contributed by atoms with Gasteiger partial charge in [0.1, 0.15) is 5.82 Å². The molecule has 1 saturated heterocycles. The van der Waals surface area contributed by atoms with Crippen molar-refractivity contribution in [1.82, 2.24) is 9.29 Å². The second kappa shape index (κ2) is 8.80. The van der Waals surface area contributed by atoms with Gasteiger partial charge in [-0.05, 0) is 35.9 Å². The summed E-state index contributed by atoms with van der Waals surface area (Å²) in [6, 6.07) is 11.0. The van der Waals surface area contributed by atoms with Crippen molar-refractivity contribution in [2.24, 2.45) is 0 Å².